The third-order valence-electron chi connectivity index (χ3n) is 1.70. The van der Waals surface area contributed by atoms with E-state index in [1.165, 1.54) is 0 Å². The van der Waals surface area contributed by atoms with Crippen LogP contribution in [0.5, 0.6) is 0 Å². The van der Waals surface area contributed by atoms with Gasteiger partial charge in [-0.05, 0) is 46.6 Å². The third-order valence-corrected chi connectivity index (χ3v) is 2.64. The first kappa shape index (κ1) is 12.3. The number of hydrogen-bond donors (Lipinski definition) is 1. The Balaban J connectivity index is 2.66. The minimum Gasteiger partial charge on any atom is -0.322 e. The normalized spacial score (nSPS) is 11.3. The molecule has 0 aliphatic carbocycles. The first-order valence-corrected chi connectivity index (χ1v) is 5.73. The molecule has 0 spiro atoms. The number of halogens is 2. The predicted octanol–water partition coefficient (Wildman–Crippen LogP) is 3.97. The minimum atomic E-state index is -0.154. The van der Waals surface area contributed by atoms with Crippen LogP contribution in [0.15, 0.2) is 34.8 Å². The van der Waals surface area contributed by atoms with E-state index in [0.717, 1.165) is 12.1 Å². The van der Waals surface area contributed by atoms with Gasteiger partial charge in [0.15, 0.2) is 0 Å². The Labute approximate surface area is 102 Å². The molecular weight excluding hydrogens is 277 g/mol. The molecule has 0 saturated heterocycles. The van der Waals surface area contributed by atoms with E-state index in [1.807, 2.05) is 13.0 Å². The van der Waals surface area contributed by atoms with Crippen molar-refractivity contribution in [3.8, 4) is 0 Å². The van der Waals surface area contributed by atoms with Gasteiger partial charge in [-0.15, -0.1) is 0 Å². The van der Waals surface area contributed by atoms with E-state index >= 15 is 0 Å². The Hall–Kier alpha value is -0.800. The van der Waals surface area contributed by atoms with Crippen molar-refractivity contribution >= 4 is 39.1 Å². The molecule has 15 heavy (non-hydrogen) atoms. The molecule has 80 valence electrons. The third kappa shape index (κ3) is 4.06. The molecular formula is C11H11BrClNO. The molecule has 0 radical (unpaired) electrons. The summed E-state index contributed by atoms with van der Waals surface area (Å²) in [5.74, 6) is -0.154. The molecule has 1 aromatic rings. The van der Waals surface area contributed by atoms with Gasteiger partial charge in [-0.25, -0.2) is 0 Å². The van der Waals surface area contributed by atoms with E-state index in [1.54, 1.807) is 24.3 Å². The summed E-state index contributed by atoms with van der Waals surface area (Å²) in [5.41, 5.74) is 0.728. The molecule has 0 bridgehead atoms. The summed E-state index contributed by atoms with van der Waals surface area (Å²) in [5, 5.41) is 3.39. The summed E-state index contributed by atoms with van der Waals surface area (Å²) < 4.78 is 0.542. The minimum absolute atomic E-state index is 0.154. The van der Waals surface area contributed by atoms with Gasteiger partial charge in [-0.3, -0.25) is 4.79 Å². The van der Waals surface area contributed by atoms with Crippen molar-refractivity contribution in [2.24, 2.45) is 0 Å². The van der Waals surface area contributed by atoms with Crippen molar-refractivity contribution in [3.05, 3.63) is 39.8 Å². The van der Waals surface area contributed by atoms with Gasteiger partial charge < -0.3 is 5.32 Å². The van der Waals surface area contributed by atoms with Crippen LogP contribution in [0.4, 0.5) is 5.69 Å². The molecule has 0 atom stereocenters. The van der Waals surface area contributed by atoms with Gasteiger partial charge in [0.05, 0.1) is 4.48 Å². The van der Waals surface area contributed by atoms with Gasteiger partial charge in [0, 0.05) is 10.7 Å². The maximum absolute atomic E-state index is 11.5. The molecule has 0 aliphatic rings. The quantitative estimate of drug-likeness (QED) is 0.838. The maximum Gasteiger partial charge on any atom is 0.262 e. The van der Waals surface area contributed by atoms with E-state index in [-0.39, 0.29) is 5.91 Å². The second-order valence-electron chi connectivity index (χ2n) is 2.92. The van der Waals surface area contributed by atoms with Crippen LogP contribution in [0.2, 0.25) is 5.02 Å². The molecule has 0 aromatic heterocycles. The molecule has 1 N–H and O–H groups in total. The monoisotopic (exact) mass is 287 g/mol. The van der Waals surface area contributed by atoms with Gasteiger partial charge >= 0.3 is 0 Å². The Morgan fingerprint density at radius 3 is 2.60 bits per heavy atom. The number of carbonyl (C=O) groups excluding carboxylic acids is 1. The van der Waals surface area contributed by atoms with Gasteiger partial charge in [-0.2, -0.15) is 0 Å². The predicted molar refractivity (Wildman–Crippen MR) is 67.4 cm³/mol. The summed E-state index contributed by atoms with van der Waals surface area (Å²) in [6.07, 6.45) is 2.62. The summed E-state index contributed by atoms with van der Waals surface area (Å²) in [4.78, 5) is 11.5. The van der Waals surface area contributed by atoms with Crippen molar-refractivity contribution in [1.82, 2.24) is 0 Å². The molecule has 2 nitrogen and oxygen atoms in total. The molecule has 1 aromatic carbocycles. The van der Waals surface area contributed by atoms with Crippen molar-refractivity contribution in [2.45, 2.75) is 13.3 Å². The number of carbonyl (C=O) groups is 1. The lowest BCUT2D eigenvalue weighted by Crippen LogP contribution is -2.10. The zero-order valence-electron chi connectivity index (χ0n) is 8.26. The number of anilines is 1. The molecule has 1 amide bonds. The fraction of sp³-hybridized carbons (Fsp3) is 0.182. The molecule has 4 heteroatoms. The van der Waals surface area contributed by atoms with Crippen LogP contribution < -0.4 is 5.32 Å². The SMILES string of the molecule is CC/C=C(\Br)C(=O)Nc1ccc(Cl)cc1. The second kappa shape index (κ2) is 5.93. The van der Waals surface area contributed by atoms with E-state index in [0.29, 0.717) is 9.51 Å². The van der Waals surface area contributed by atoms with Gasteiger partial charge in [-0.1, -0.05) is 24.6 Å². The molecule has 0 fully saturated rings. The van der Waals surface area contributed by atoms with Crippen molar-refractivity contribution < 1.29 is 4.79 Å². The summed E-state index contributed by atoms with van der Waals surface area (Å²) in [6, 6.07) is 6.97. The Morgan fingerprint density at radius 2 is 2.07 bits per heavy atom. The van der Waals surface area contributed by atoms with Crippen molar-refractivity contribution in [2.75, 3.05) is 5.32 Å². The fourth-order valence-electron chi connectivity index (χ4n) is 0.996. The van der Waals surface area contributed by atoms with Gasteiger partial charge in [0.25, 0.3) is 5.91 Å². The summed E-state index contributed by atoms with van der Waals surface area (Å²) in [6.45, 7) is 1.97. The van der Waals surface area contributed by atoms with E-state index < -0.39 is 0 Å². The zero-order valence-corrected chi connectivity index (χ0v) is 10.6. The van der Waals surface area contributed by atoms with Crippen LogP contribution in [0, 0.1) is 0 Å². The first-order valence-electron chi connectivity index (χ1n) is 4.56. The highest BCUT2D eigenvalue weighted by Crippen LogP contribution is 2.15. The molecule has 0 aliphatic heterocycles. The van der Waals surface area contributed by atoms with Crippen LogP contribution in [0.25, 0.3) is 0 Å². The number of amides is 1. The highest BCUT2D eigenvalue weighted by atomic mass is 79.9. The van der Waals surface area contributed by atoms with Crippen molar-refractivity contribution in [1.29, 1.82) is 0 Å². The van der Waals surface area contributed by atoms with Crippen LogP contribution in [-0.2, 0) is 4.79 Å². The zero-order chi connectivity index (χ0) is 11.3. The Kier molecular flexibility index (Phi) is 4.85. The Bertz CT molecular complexity index is 373. The molecule has 0 unspecified atom stereocenters. The number of rotatable bonds is 3. The highest BCUT2D eigenvalue weighted by molar-refractivity contribution is 9.12. The van der Waals surface area contributed by atoms with E-state index in [9.17, 15) is 4.79 Å². The topological polar surface area (TPSA) is 29.1 Å². The highest BCUT2D eigenvalue weighted by Gasteiger charge is 2.05. The standard InChI is InChI=1S/C11H11BrClNO/c1-2-3-10(12)11(15)14-9-6-4-8(13)5-7-9/h3-7H,2H2,1H3,(H,14,15)/b10-3-. The number of allylic oxidation sites excluding steroid dienone is 1. The van der Waals surface area contributed by atoms with E-state index in [2.05, 4.69) is 21.2 Å². The lowest BCUT2D eigenvalue weighted by atomic mass is 10.3. The average molecular weight is 289 g/mol. The van der Waals surface area contributed by atoms with Crippen molar-refractivity contribution in [3.63, 3.8) is 0 Å². The maximum atomic E-state index is 11.5. The van der Waals surface area contributed by atoms with Crippen LogP contribution in [0.1, 0.15) is 13.3 Å². The number of hydrogen-bond acceptors (Lipinski definition) is 1. The fourth-order valence-corrected chi connectivity index (χ4v) is 1.54. The average Bonchev–Trinajstić information content (AvgIpc) is 2.22. The lowest BCUT2D eigenvalue weighted by Gasteiger charge is -2.03. The van der Waals surface area contributed by atoms with Gasteiger partial charge in [0.1, 0.15) is 0 Å². The first-order chi connectivity index (χ1) is 7.13. The molecule has 0 saturated carbocycles. The number of nitrogens with one attached hydrogen (secondary N) is 1. The largest absolute Gasteiger partial charge is 0.322 e. The van der Waals surface area contributed by atoms with E-state index in [4.69, 9.17) is 11.6 Å². The molecule has 1 rings (SSSR count). The van der Waals surface area contributed by atoms with Gasteiger partial charge in [0.2, 0.25) is 0 Å². The Morgan fingerprint density at radius 1 is 1.47 bits per heavy atom. The number of benzene rings is 1. The summed E-state index contributed by atoms with van der Waals surface area (Å²) >= 11 is 8.93. The smallest absolute Gasteiger partial charge is 0.262 e. The molecule has 0 heterocycles. The lowest BCUT2D eigenvalue weighted by molar-refractivity contribution is -0.112. The second-order valence-corrected chi connectivity index (χ2v) is 4.21. The van der Waals surface area contributed by atoms with Crippen LogP contribution >= 0.6 is 27.5 Å². The van der Waals surface area contributed by atoms with Crippen LogP contribution in [-0.4, -0.2) is 5.91 Å². The summed E-state index contributed by atoms with van der Waals surface area (Å²) in [7, 11) is 0. The van der Waals surface area contributed by atoms with Crippen LogP contribution in [0.3, 0.4) is 0 Å².